The molecule has 0 bridgehead atoms. The van der Waals surface area contributed by atoms with Gasteiger partial charge in [-0.1, -0.05) is 48.0 Å². The van der Waals surface area contributed by atoms with Crippen LogP contribution >= 0.6 is 0 Å². The predicted molar refractivity (Wildman–Crippen MR) is 110 cm³/mol. The molecule has 1 saturated heterocycles. The summed E-state index contributed by atoms with van der Waals surface area (Å²) in [5.74, 6) is 0.0811. The Morgan fingerprint density at radius 1 is 1.04 bits per heavy atom. The molecule has 4 heteroatoms. The highest BCUT2D eigenvalue weighted by Gasteiger charge is 2.26. The Morgan fingerprint density at radius 3 is 2.44 bits per heavy atom. The molecule has 1 N–H and O–H groups in total. The van der Waals surface area contributed by atoms with Gasteiger partial charge in [0.15, 0.2) is 0 Å². The van der Waals surface area contributed by atoms with Gasteiger partial charge in [-0.05, 0) is 36.9 Å². The van der Waals surface area contributed by atoms with Crippen molar-refractivity contribution >= 4 is 16.8 Å². The average Bonchev–Trinajstić information content (AvgIpc) is 3.13. The number of para-hydroxylation sites is 1. The third-order valence-electron chi connectivity index (χ3n) is 5.60. The highest BCUT2D eigenvalue weighted by Crippen LogP contribution is 2.23. The summed E-state index contributed by atoms with van der Waals surface area (Å²) < 4.78 is 0. The molecule has 1 aliphatic heterocycles. The molecule has 3 aromatic rings. The maximum absolute atomic E-state index is 13.0. The largest absolute Gasteiger partial charge is 0.358 e. The zero-order valence-corrected chi connectivity index (χ0v) is 16.1. The number of benzene rings is 2. The van der Waals surface area contributed by atoms with E-state index in [9.17, 15) is 4.79 Å². The van der Waals surface area contributed by atoms with E-state index in [-0.39, 0.29) is 11.8 Å². The van der Waals surface area contributed by atoms with Gasteiger partial charge in [0.2, 0.25) is 5.91 Å². The fourth-order valence-electron chi connectivity index (χ4n) is 3.81. The summed E-state index contributed by atoms with van der Waals surface area (Å²) in [5, 5.41) is 1.16. The summed E-state index contributed by atoms with van der Waals surface area (Å²) in [5.41, 5.74) is 4.73. The van der Waals surface area contributed by atoms with Crippen LogP contribution in [0.15, 0.2) is 54.6 Å². The first kappa shape index (κ1) is 17.8. The molecule has 1 amide bonds. The van der Waals surface area contributed by atoms with E-state index in [1.54, 1.807) is 0 Å². The van der Waals surface area contributed by atoms with Gasteiger partial charge >= 0.3 is 0 Å². The third kappa shape index (κ3) is 3.91. The molecular formula is C23H27N3O. The molecule has 1 aliphatic rings. The van der Waals surface area contributed by atoms with Gasteiger partial charge in [0.1, 0.15) is 0 Å². The lowest BCUT2D eigenvalue weighted by molar-refractivity contribution is -0.134. The number of aromatic amines is 1. The number of carbonyl (C=O) groups is 1. The summed E-state index contributed by atoms with van der Waals surface area (Å²) in [6, 6.07) is 19.0. The van der Waals surface area contributed by atoms with E-state index in [2.05, 4.69) is 59.3 Å². The number of nitrogens with zero attached hydrogens (tertiary/aromatic N) is 2. The molecule has 4 rings (SSSR count). The van der Waals surface area contributed by atoms with Crippen molar-refractivity contribution in [3.8, 4) is 0 Å². The van der Waals surface area contributed by atoms with Gasteiger partial charge in [0.05, 0.1) is 5.92 Å². The minimum Gasteiger partial charge on any atom is -0.358 e. The second-order valence-electron chi connectivity index (χ2n) is 7.62. The van der Waals surface area contributed by atoms with Crippen LogP contribution in [-0.2, 0) is 11.3 Å². The average molecular weight is 361 g/mol. The molecule has 0 radical (unpaired) electrons. The van der Waals surface area contributed by atoms with Crippen molar-refractivity contribution in [2.24, 2.45) is 0 Å². The molecule has 1 atom stereocenters. The van der Waals surface area contributed by atoms with Crippen LogP contribution in [0.2, 0.25) is 0 Å². The summed E-state index contributed by atoms with van der Waals surface area (Å²) >= 11 is 0. The topological polar surface area (TPSA) is 39.3 Å². The van der Waals surface area contributed by atoms with Gasteiger partial charge in [-0.15, -0.1) is 0 Å². The van der Waals surface area contributed by atoms with E-state index in [1.165, 1.54) is 11.1 Å². The van der Waals surface area contributed by atoms with Crippen molar-refractivity contribution in [2.45, 2.75) is 26.3 Å². The van der Waals surface area contributed by atoms with Gasteiger partial charge in [-0.3, -0.25) is 9.69 Å². The highest BCUT2D eigenvalue weighted by atomic mass is 16.2. The van der Waals surface area contributed by atoms with Crippen molar-refractivity contribution in [3.63, 3.8) is 0 Å². The lowest BCUT2D eigenvalue weighted by Gasteiger charge is -2.36. The Hall–Kier alpha value is -2.59. The van der Waals surface area contributed by atoms with E-state index in [0.717, 1.165) is 49.3 Å². The van der Waals surface area contributed by atoms with Gasteiger partial charge < -0.3 is 9.88 Å². The number of hydrogen-bond donors (Lipinski definition) is 1. The first-order chi connectivity index (χ1) is 13.1. The minimum absolute atomic E-state index is 0.138. The van der Waals surface area contributed by atoms with Crippen LogP contribution in [-0.4, -0.2) is 46.9 Å². The number of hydrogen-bond acceptors (Lipinski definition) is 2. The van der Waals surface area contributed by atoms with Crippen LogP contribution in [0.1, 0.15) is 29.7 Å². The molecule has 140 valence electrons. The SMILES string of the molecule is Cc1ccc(CN2CCN(C(=O)C(C)c3cc4ccccc4[nH]3)CC2)cc1. The lowest BCUT2D eigenvalue weighted by Crippen LogP contribution is -2.49. The molecule has 1 unspecified atom stereocenters. The number of rotatable bonds is 4. The maximum Gasteiger partial charge on any atom is 0.231 e. The number of carbonyl (C=O) groups excluding carboxylic acids is 1. The second-order valence-corrected chi connectivity index (χ2v) is 7.62. The molecule has 0 spiro atoms. The monoisotopic (exact) mass is 361 g/mol. The first-order valence-electron chi connectivity index (χ1n) is 9.74. The Balaban J connectivity index is 1.35. The van der Waals surface area contributed by atoms with Crippen molar-refractivity contribution in [3.05, 3.63) is 71.4 Å². The molecule has 2 heterocycles. The smallest absolute Gasteiger partial charge is 0.231 e. The van der Waals surface area contributed by atoms with Crippen LogP contribution in [0.5, 0.6) is 0 Å². The number of H-pyrrole nitrogens is 1. The van der Waals surface area contributed by atoms with E-state index in [0.29, 0.717) is 0 Å². The molecule has 0 saturated carbocycles. The highest BCUT2D eigenvalue weighted by molar-refractivity contribution is 5.87. The van der Waals surface area contributed by atoms with E-state index < -0.39 is 0 Å². The van der Waals surface area contributed by atoms with Gasteiger partial charge in [-0.2, -0.15) is 0 Å². The maximum atomic E-state index is 13.0. The number of nitrogens with one attached hydrogen (secondary N) is 1. The van der Waals surface area contributed by atoms with Crippen molar-refractivity contribution < 1.29 is 4.79 Å². The number of piperazine rings is 1. The van der Waals surface area contributed by atoms with E-state index in [1.807, 2.05) is 24.0 Å². The zero-order chi connectivity index (χ0) is 18.8. The Kier molecular flexibility index (Phi) is 4.99. The number of fused-ring (bicyclic) bond motifs is 1. The van der Waals surface area contributed by atoms with Crippen LogP contribution in [0.3, 0.4) is 0 Å². The molecule has 2 aromatic carbocycles. The standard InChI is InChI=1S/C23H27N3O/c1-17-7-9-19(10-8-17)16-25-11-13-26(14-12-25)23(27)18(2)22-15-20-5-3-4-6-21(20)24-22/h3-10,15,18,24H,11-14,16H2,1-2H3. The van der Waals surface area contributed by atoms with Crippen molar-refractivity contribution in [1.82, 2.24) is 14.8 Å². The van der Waals surface area contributed by atoms with Crippen LogP contribution in [0.25, 0.3) is 10.9 Å². The molecule has 27 heavy (non-hydrogen) atoms. The normalized spacial score (nSPS) is 16.6. The zero-order valence-electron chi connectivity index (χ0n) is 16.1. The quantitative estimate of drug-likeness (QED) is 0.765. The molecule has 1 fully saturated rings. The van der Waals surface area contributed by atoms with Crippen molar-refractivity contribution in [2.75, 3.05) is 26.2 Å². The minimum atomic E-state index is -0.138. The fraction of sp³-hybridized carbons (Fsp3) is 0.348. The Morgan fingerprint density at radius 2 is 1.74 bits per heavy atom. The van der Waals surface area contributed by atoms with E-state index in [4.69, 9.17) is 0 Å². The Labute approximate surface area is 160 Å². The lowest BCUT2D eigenvalue weighted by atomic mass is 10.1. The molecule has 1 aromatic heterocycles. The number of amides is 1. The van der Waals surface area contributed by atoms with Gasteiger partial charge in [0, 0.05) is 43.9 Å². The second kappa shape index (κ2) is 7.57. The molecule has 4 nitrogen and oxygen atoms in total. The fourth-order valence-corrected chi connectivity index (χ4v) is 3.81. The summed E-state index contributed by atoms with van der Waals surface area (Å²) in [6.07, 6.45) is 0. The predicted octanol–water partition coefficient (Wildman–Crippen LogP) is 3.92. The first-order valence-corrected chi connectivity index (χ1v) is 9.74. The number of aryl methyl sites for hydroxylation is 1. The van der Waals surface area contributed by atoms with Crippen LogP contribution in [0, 0.1) is 6.92 Å². The summed E-state index contributed by atoms with van der Waals surface area (Å²) in [7, 11) is 0. The third-order valence-corrected chi connectivity index (χ3v) is 5.60. The van der Waals surface area contributed by atoms with Gasteiger partial charge in [-0.25, -0.2) is 0 Å². The van der Waals surface area contributed by atoms with E-state index >= 15 is 0 Å². The van der Waals surface area contributed by atoms with Crippen LogP contribution < -0.4 is 0 Å². The molecule has 0 aliphatic carbocycles. The van der Waals surface area contributed by atoms with Gasteiger partial charge in [0.25, 0.3) is 0 Å². The number of aromatic nitrogens is 1. The summed E-state index contributed by atoms with van der Waals surface area (Å²) in [6.45, 7) is 8.54. The van der Waals surface area contributed by atoms with Crippen molar-refractivity contribution in [1.29, 1.82) is 0 Å². The molecular weight excluding hydrogens is 334 g/mol. The Bertz CT molecular complexity index is 887. The summed E-state index contributed by atoms with van der Waals surface area (Å²) in [4.78, 5) is 20.8. The van der Waals surface area contributed by atoms with Crippen LogP contribution in [0.4, 0.5) is 0 Å².